The van der Waals surface area contributed by atoms with Gasteiger partial charge in [0.15, 0.2) is 0 Å². The van der Waals surface area contributed by atoms with E-state index in [2.05, 4.69) is 93.5 Å². The van der Waals surface area contributed by atoms with Crippen molar-refractivity contribution in [2.45, 2.75) is 155 Å². The Labute approximate surface area is 311 Å². The molecule has 6 rings (SSSR count). The van der Waals surface area contributed by atoms with Gasteiger partial charge in [0.2, 0.25) is 0 Å². The fraction of sp³-hybridized carbons (Fsp3) is 0.667. The third kappa shape index (κ3) is 9.01. The second-order valence-electron chi connectivity index (χ2n) is 14.4. The minimum absolute atomic E-state index is 0. The minimum atomic E-state index is 0. The summed E-state index contributed by atoms with van der Waals surface area (Å²) in [5, 5.41) is 0. The molecule has 3 saturated carbocycles. The van der Waals surface area contributed by atoms with E-state index in [0.717, 1.165) is 13.1 Å². The molecule has 0 unspecified atom stereocenters. The molecular weight excluding hydrogens is 668 g/mol. The van der Waals surface area contributed by atoms with E-state index in [1.54, 1.807) is 77.0 Å². The Bertz CT molecular complexity index is 1090. The molecule has 246 valence electrons. The quantitative estimate of drug-likeness (QED) is 0.224. The average molecular weight is 728 g/mol. The Morgan fingerprint density at radius 3 is 1.05 bits per heavy atom. The normalized spacial score (nSPS) is 20.5. The molecule has 2 aromatic carbocycles. The summed E-state index contributed by atoms with van der Waals surface area (Å²) < 4.78 is 1.26. The smallest absolute Gasteiger partial charge is 0 e. The summed E-state index contributed by atoms with van der Waals surface area (Å²) in [5.74, 6) is 0. The fourth-order valence-electron chi connectivity index (χ4n) is 9.16. The molecule has 0 atom stereocenters. The van der Waals surface area contributed by atoms with Gasteiger partial charge in [0.25, 0.3) is 0 Å². The van der Waals surface area contributed by atoms with E-state index in [1.807, 2.05) is 0 Å². The van der Waals surface area contributed by atoms with Crippen molar-refractivity contribution in [3.63, 3.8) is 0 Å². The monoisotopic (exact) mass is 728 g/mol. The van der Waals surface area contributed by atoms with E-state index >= 15 is 0 Å². The number of hydrogen-bond acceptors (Lipinski definition) is 2. The number of rotatable bonds is 5. The molecule has 0 aromatic heterocycles. The third-order valence-electron chi connectivity index (χ3n) is 10.8. The molecule has 0 radical (unpaired) electrons. The van der Waals surface area contributed by atoms with Gasteiger partial charge in [0, 0.05) is 37.7 Å². The predicted molar refractivity (Wildman–Crippen MR) is 189 cm³/mol. The van der Waals surface area contributed by atoms with E-state index in [1.165, 1.54) is 85.3 Å². The van der Waals surface area contributed by atoms with Gasteiger partial charge in [-0.05, 0) is 55.5 Å². The molecule has 0 spiro atoms. The van der Waals surface area contributed by atoms with Gasteiger partial charge in [-0.1, -0.05) is 65.7 Å². The fourth-order valence-corrected chi connectivity index (χ4v) is 14.6. The first-order valence-electron chi connectivity index (χ1n) is 17.7. The second-order valence-corrected chi connectivity index (χ2v) is 18.2. The molecule has 0 bridgehead atoms. The summed E-state index contributed by atoms with van der Waals surface area (Å²) in [6.45, 7) is 15.3. The van der Waals surface area contributed by atoms with E-state index in [-0.39, 0.29) is 37.7 Å². The standard InChI is InChI=1S/C21H26N2.C18H33P.Ar.Ru/c1-14-9-16(3)20(17(4)10-14)22-7-8-23(13-22)21-18(5)11-15(2)12-19(21)6;1-4-10-16(11-5-1)19(17-12-6-2-7-13-17)18-14-8-3-9-15-18;;/h9-12H,7-8H2,1-6H3;16-18H,1-15H2;;. The summed E-state index contributed by atoms with van der Waals surface area (Å²) in [5.41, 5.74) is 14.4. The molecule has 44 heavy (non-hydrogen) atoms. The van der Waals surface area contributed by atoms with Gasteiger partial charge in [-0.25, -0.2) is 0 Å². The largest absolute Gasteiger partial charge is 0 e. The average Bonchev–Trinajstić information content (AvgIpc) is 3.34. The maximum Gasteiger partial charge on any atom is 0 e. The van der Waals surface area contributed by atoms with Crippen molar-refractivity contribution in [2.75, 3.05) is 22.9 Å². The first-order valence-corrected chi connectivity index (χ1v) is 20.2. The molecular formula is C39H59ArN2PRu. The summed E-state index contributed by atoms with van der Waals surface area (Å²) >= 11 is 2.86. The molecule has 2 aromatic rings. The summed E-state index contributed by atoms with van der Waals surface area (Å²) in [6.07, 6.45) is 23.6. The number of nitrogens with zero attached hydrogens (tertiary/aromatic N) is 2. The van der Waals surface area contributed by atoms with Gasteiger partial charge in [-0.3, -0.25) is 0 Å². The van der Waals surface area contributed by atoms with Crippen LogP contribution in [0.4, 0.5) is 11.4 Å². The van der Waals surface area contributed by atoms with Crippen molar-refractivity contribution < 1.29 is 55.6 Å². The van der Waals surface area contributed by atoms with Crippen LogP contribution in [0.2, 0.25) is 0 Å². The molecule has 0 N–H and O–H groups in total. The van der Waals surface area contributed by atoms with Crippen LogP contribution in [0.5, 0.6) is 0 Å². The maximum absolute atomic E-state index is 2.86. The number of aryl methyl sites for hydroxylation is 6. The topological polar surface area (TPSA) is 6.48 Å². The van der Waals surface area contributed by atoms with Crippen LogP contribution in [0.3, 0.4) is 0 Å². The number of hydrogen-bond donors (Lipinski definition) is 0. The van der Waals surface area contributed by atoms with Crippen LogP contribution in [0.25, 0.3) is 0 Å². The third-order valence-corrected chi connectivity index (χ3v) is 15.8. The molecule has 0 amide bonds. The Morgan fingerprint density at radius 1 is 0.500 bits per heavy atom. The van der Waals surface area contributed by atoms with Crippen molar-refractivity contribution in [3.8, 4) is 0 Å². The Kier molecular flexibility index (Phi) is 14.8. The van der Waals surface area contributed by atoms with Crippen LogP contribution < -0.4 is 9.80 Å². The molecule has 1 saturated heterocycles. The van der Waals surface area contributed by atoms with Crippen LogP contribution in [0, 0.1) is 79.3 Å². The van der Waals surface area contributed by atoms with Crippen LogP contribution in [0.15, 0.2) is 24.3 Å². The zero-order chi connectivity index (χ0) is 30.5. The van der Waals surface area contributed by atoms with Gasteiger partial charge in [-0.15, -0.1) is 0 Å². The molecule has 5 heteroatoms. The van der Waals surface area contributed by atoms with E-state index in [0.29, 0.717) is 7.92 Å². The first kappa shape index (κ1) is 37.0. The zero-order valence-corrected chi connectivity index (χ0v) is 32.0. The Morgan fingerprint density at radius 2 is 0.773 bits per heavy atom. The number of benzene rings is 2. The second kappa shape index (κ2) is 17.6. The van der Waals surface area contributed by atoms with E-state index in [4.69, 9.17) is 0 Å². The van der Waals surface area contributed by atoms with Crippen molar-refractivity contribution in [1.82, 2.24) is 0 Å². The molecule has 1 heterocycles. The van der Waals surface area contributed by atoms with Crippen molar-refractivity contribution >= 4 is 23.7 Å². The molecule has 1 aliphatic heterocycles. The first-order chi connectivity index (χ1) is 20.7. The van der Waals surface area contributed by atoms with Gasteiger partial charge in [0.1, 0.15) is 0 Å². The molecule has 2 nitrogen and oxygen atoms in total. The minimum Gasteiger partial charge on any atom is 0 e. The summed E-state index contributed by atoms with van der Waals surface area (Å²) in [6, 6.07) is 9.14. The Hall–Kier alpha value is 0.223. The van der Waals surface area contributed by atoms with Crippen LogP contribution >= 0.6 is 7.92 Å². The van der Waals surface area contributed by atoms with Crippen LogP contribution in [0.1, 0.15) is 130 Å². The van der Waals surface area contributed by atoms with Crippen molar-refractivity contribution in [1.29, 1.82) is 0 Å². The molecule has 3 aliphatic carbocycles. The summed E-state index contributed by atoms with van der Waals surface area (Å²) in [4.78, 5) is 4.92. The zero-order valence-electron chi connectivity index (χ0n) is 28.6. The van der Waals surface area contributed by atoms with Gasteiger partial charge < -0.3 is 0 Å². The maximum atomic E-state index is 2.86. The van der Waals surface area contributed by atoms with Gasteiger partial charge in [-0.2, -0.15) is 0 Å². The number of anilines is 2. The summed E-state index contributed by atoms with van der Waals surface area (Å²) in [7, 11) is 0.385. The van der Waals surface area contributed by atoms with Gasteiger partial charge >= 0.3 is 156 Å². The van der Waals surface area contributed by atoms with Crippen molar-refractivity contribution in [3.05, 3.63) is 57.6 Å². The predicted octanol–water partition coefficient (Wildman–Crippen LogP) is 11.0. The van der Waals surface area contributed by atoms with Crippen LogP contribution in [-0.2, 0) is 17.9 Å². The molecule has 4 fully saturated rings. The SMILES string of the molecule is C1CCC(P(C2CCCCC2)C2CCCCC2)CC1.Cc1cc(C)c(N2CCN(c3c(C)cc(C)cc3C)[C]2=[Ru])c(C)c1.[Ar]. The van der Waals surface area contributed by atoms with Gasteiger partial charge in [0.05, 0.1) is 0 Å². The molecule has 4 aliphatic rings. The van der Waals surface area contributed by atoms with E-state index in [9.17, 15) is 0 Å². The van der Waals surface area contributed by atoms with Crippen molar-refractivity contribution in [2.24, 2.45) is 0 Å². The van der Waals surface area contributed by atoms with E-state index < -0.39 is 0 Å². The Balaban J connectivity index is 0.000000201. The van der Waals surface area contributed by atoms with Crippen LogP contribution in [-0.4, -0.2) is 34.4 Å².